The summed E-state index contributed by atoms with van der Waals surface area (Å²) in [6.45, 7) is 8.85. The van der Waals surface area contributed by atoms with Gasteiger partial charge in [-0.3, -0.25) is 15.0 Å². The molecule has 3 aromatic carbocycles. The number of nitrogens with zero attached hydrogens (tertiary/aromatic N) is 3. The van der Waals surface area contributed by atoms with Gasteiger partial charge in [-0.05, 0) is 86.3 Å². The molecule has 6 atom stereocenters. The van der Waals surface area contributed by atoms with E-state index in [0.717, 1.165) is 42.4 Å². The number of carbonyl (C=O) groups is 1. The molecule has 13 nitrogen and oxygen atoms in total. The van der Waals surface area contributed by atoms with Gasteiger partial charge in [0.1, 0.15) is 29.9 Å². The van der Waals surface area contributed by atoms with Crippen LogP contribution in [0.5, 0.6) is 17.2 Å². The molecule has 1 heterocycles. The highest BCUT2D eigenvalue weighted by Crippen LogP contribution is 2.62. The monoisotopic (exact) mass is 811 g/mol. The van der Waals surface area contributed by atoms with Crippen LogP contribution in [0.4, 0.5) is 10.5 Å². The van der Waals surface area contributed by atoms with Gasteiger partial charge in [0.05, 0.1) is 35.8 Å². The van der Waals surface area contributed by atoms with E-state index in [1.54, 1.807) is 36.1 Å². The van der Waals surface area contributed by atoms with Gasteiger partial charge in [-0.25, -0.2) is 4.79 Å². The molecular formula is C46H57N3O10. The molecule has 2 N–H and O–H groups in total. The number of allylic oxidation sites excluding steroid dienone is 1. The molecule has 0 aromatic heterocycles. The first-order valence-electron chi connectivity index (χ1n) is 20.9. The van der Waals surface area contributed by atoms with Gasteiger partial charge in [0.25, 0.3) is 5.69 Å². The summed E-state index contributed by atoms with van der Waals surface area (Å²) in [6, 6.07) is 20.7. The molecule has 13 heteroatoms. The summed E-state index contributed by atoms with van der Waals surface area (Å²) in [7, 11) is 0. The fraction of sp³-hybridized carbons (Fsp3) is 0.478. The fourth-order valence-electron chi connectivity index (χ4n) is 9.09. The topological polar surface area (TPSA) is 162 Å². The first kappa shape index (κ1) is 43.3. The molecule has 3 aliphatic rings. The van der Waals surface area contributed by atoms with Crippen LogP contribution in [-0.2, 0) is 20.9 Å². The van der Waals surface area contributed by atoms with Gasteiger partial charge in [-0.1, -0.05) is 73.5 Å². The van der Waals surface area contributed by atoms with Crippen LogP contribution >= 0.6 is 0 Å². The Morgan fingerprint density at radius 3 is 2.49 bits per heavy atom. The average Bonchev–Trinajstić information content (AvgIpc) is 3.24. The zero-order valence-corrected chi connectivity index (χ0v) is 34.1. The van der Waals surface area contributed by atoms with Crippen molar-refractivity contribution in [3.05, 3.63) is 118 Å². The number of unbranched alkanes of at least 4 members (excludes halogenated alkanes) is 2. The van der Waals surface area contributed by atoms with Gasteiger partial charge in [-0.2, -0.15) is 0 Å². The van der Waals surface area contributed by atoms with Crippen LogP contribution < -0.4 is 9.47 Å². The number of fused-ring (bicyclic) bond motifs is 2. The molecule has 1 aliphatic heterocycles. The van der Waals surface area contributed by atoms with Crippen LogP contribution in [-0.4, -0.2) is 76.6 Å². The smallest absolute Gasteiger partial charge is 0.410 e. The van der Waals surface area contributed by atoms with Crippen LogP contribution in [0.1, 0.15) is 82.3 Å². The van der Waals surface area contributed by atoms with Crippen molar-refractivity contribution in [1.29, 1.82) is 0 Å². The molecule has 0 bridgehead atoms. The standard InChI is InChI=1S/C46H57N3O10/c1-4-23-48(45(52)55-6-3)42-30-40(47-57-31-32-15-8-7-9-16-32)38-27-33(17-10-12-24-50)37(20-11-13-25-51)43-39-29-36(58-35-19-14-18-34(28-35)49(53)54)21-22-41(39)59-46(42,44(38)43)56-26-5-2/h5,7-9,14-16,18-19,21-22,27-29,33,37,42-44,50-51H,2,4,6,10-13,17,20,23-26,30-31H2,1,3H3/t33-,37+,42-,43+,44+,46+/m0/s1. The lowest BCUT2D eigenvalue weighted by Crippen LogP contribution is -2.70. The number of benzene rings is 3. The molecule has 2 aliphatic carbocycles. The summed E-state index contributed by atoms with van der Waals surface area (Å²) < 4.78 is 26.2. The van der Waals surface area contributed by atoms with E-state index < -0.39 is 28.8 Å². The number of non-ortho nitro benzene ring substituents is 1. The number of amides is 1. The summed E-state index contributed by atoms with van der Waals surface area (Å²) in [5.41, 5.74) is 3.33. The highest BCUT2D eigenvalue weighted by molar-refractivity contribution is 6.03. The molecule has 1 fully saturated rings. The van der Waals surface area contributed by atoms with E-state index in [1.807, 2.05) is 49.4 Å². The van der Waals surface area contributed by atoms with Crippen LogP contribution in [0.25, 0.3) is 0 Å². The number of ether oxygens (including phenoxy) is 4. The molecule has 59 heavy (non-hydrogen) atoms. The maximum Gasteiger partial charge on any atom is 0.410 e. The van der Waals surface area contributed by atoms with Crippen molar-refractivity contribution >= 4 is 17.5 Å². The fourth-order valence-corrected chi connectivity index (χ4v) is 9.09. The van der Waals surface area contributed by atoms with Crippen LogP contribution in [0.2, 0.25) is 0 Å². The Balaban J connectivity index is 1.57. The second kappa shape index (κ2) is 20.6. The Morgan fingerprint density at radius 2 is 1.78 bits per heavy atom. The van der Waals surface area contributed by atoms with E-state index in [0.29, 0.717) is 48.8 Å². The number of aliphatic hydroxyl groups excluding tert-OH is 2. The number of oxime groups is 1. The summed E-state index contributed by atoms with van der Waals surface area (Å²) in [4.78, 5) is 33.0. The Labute approximate surface area is 346 Å². The Bertz CT molecular complexity index is 1950. The molecule has 316 valence electrons. The van der Waals surface area contributed by atoms with Crippen molar-refractivity contribution in [2.75, 3.05) is 33.0 Å². The summed E-state index contributed by atoms with van der Waals surface area (Å²) in [5.74, 6) is -0.817. The van der Waals surface area contributed by atoms with Crippen LogP contribution in [0.3, 0.4) is 0 Å². The van der Waals surface area contributed by atoms with Gasteiger partial charge in [0.2, 0.25) is 5.79 Å². The molecule has 6 rings (SSSR count). The normalized spacial score (nSPS) is 23.6. The predicted octanol–water partition coefficient (Wildman–Crippen LogP) is 9.09. The lowest BCUT2D eigenvalue weighted by Gasteiger charge is -2.59. The van der Waals surface area contributed by atoms with Gasteiger partial charge in [-0.15, -0.1) is 6.58 Å². The third-order valence-corrected chi connectivity index (χ3v) is 11.5. The van der Waals surface area contributed by atoms with Crippen LogP contribution in [0, 0.1) is 27.9 Å². The highest BCUT2D eigenvalue weighted by Gasteiger charge is 2.65. The Morgan fingerprint density at radius 1 is 1.02 bits per heavy atom. The molecule has 0 saturated heterocycles. The number of nitro groups is 1. The van der Waals surface area contributed by atoms with E-state index in [1.165, 1.54) is 12.1 Å². The second-order valence-electron chi connectivity index (χ2n) is 15.3. The molecule has 0 spiro atoms. The zero-order chi connectivity index (χ0) is 41.8. The molecule has 1 saturated carbocycles. The SMILES string of the molecule is C=CCO[C@@]12Oc3ccc(Oc4cccc([N+](=O)[O-])c4)cc3[C@H]3[C@H](CCCCO)[C@@H](CCCCO)C=C(C(=NOCc4ccccc4)C[C@@H]1N(CCC)C(=O)OCC)[C@H]32. The maximum absolute atomic E-state index is 14.0. The van der Waals surface area contributed by atoms with Crippen molar-refractivity contribution in [1.82, 2.24) is 4.90 Å². The minimum Gasteiger partial charge on any atom is -0.459 e. The number of hydrogen-bond donors (Lipinski definition) is 2. The highest BCUT2D eigenvalue weighted by atomic mass is 16.7. The number of aliphatic hydroxyl groups is 2. The first-order valence-corrected chi connectivity index (χ1v) is 20.9. The van der Waals surface area contributed by atoms with Crippen LogP contribution in [0.15, 0.2) is 102 Å². The molecule has 0 radical (unpaired) electrons. The summed E-state index contributed by atoms with van der Waals surface area (Å²) in [5, 5.41) is 36.3. The summed E-state index contributed by atoms with van der Waals surface area (Å²) >= 11 is 0. The largest absolute Gasteiger partial charge is 0.459 e. The number of nitro benzene ring substituents is 1. The minimum absolute atomic E-state index is 0.00358. The van der Waals surface area contributed by atoms with Crippen molar-refractivity contribution in [2.45, 2.75) is 89.6 Å². The summed E-state index contributed by atoms with van der Waals surface area (Å²) in [6.07, 6.45) is 8.78. The van der Waals surface area contributed by atoms with Gasteiger partial charge >= 0.3 is 6.09 Å². The van der Waals surface area contributed by atoms with E-state index >= 15 is 0 Å². The maximum atomic E-state index is 14.0. The van der Waals surface area contributed by atoms with Gasteiger partial charge < -0.3 is 34.0 Å². The van der Waals surface area contributed by atoms with E-state index in [4.69, 9.17) is 28.9 Å². The predicted molar refractivity (Wildman–Crippen MR) is 223 cm³/mol. The van der Waals surface area contributed by atoms with Crippen molar-refractivity contribution in [3.63, 3.8) is 0 Å². The average molecular weight is 812 g/mol. The van der Waals surface area contributed by atoms with Crippen molar-refractivity contribution in [2.24, 2.45) is 22.9 Å². The number of carbonyl (C=O) groups excluding carboxylic acids is 1. The second-order valence-corrected chi connectivity index (χ2v) is 15.3. The van der Waals surface area contributed by atoms with Gasteiger partial charge in [0, 0.05) is 43.7 Å². The molecule has 0 unspecified atom stereocenters. The minimum atomic E-state index is -1.42. The molecule has 3 aromatic rings. The number of hydrogen-bond acceptors (Lipinski definition) is 11. The zero-order valence-electron chi connectivity index (χ0n) is 34.1. The van der Waals surface area contributed by atoms with Gasteiger partial charge in [0.15, 0.2) is 0 Å². The lowest BCUT2D eigenvalue weighted by atomic mass is 9.55. The Kier molecular flexibility index (Phi) is 15.2. The van der Waals surface area contributed by atoms with E-state index in [-0.39, 0.29) is 62.9 Å². The Hall–Kier alpha value is -5.24. The first-order chi connectivity index (χ1) is 28.8. The van der Waals surface area contributed by atoms with Crippen molar-refractivity contribution < 1.29 is 43.7 Å². The van der Waals surface area contributed by atoms with E-state index in [9.17, 15) is 25.1 Å². The third-order valence-electron chi connectivity index (χ3n) is 11.5. The molecular weight excluding hydrogens is 755 g/mol. The molecule has 1 amide bonds. The van der Waals surface area contributed by atoms with Crippen molar-refractivity contribution in [3.8, 4) is 17.2 Å². The third kappa shape index (κ3) is 9.80. The lowest BCUT2D eigenvalue weighted by molar-refractivity contribution is -0.384. The van der Waals surface area contributed by atoms with E-state index in [2.05, 4.69) is 12.7 Å². The quantitative estimate of drug-likeness (QED) is 0.0459. The number of rotatable bonds is 21.